The fourth-order valence-corrected chi connectivity index (χ4v) is 3.24. The van der Waals surface area contributed by atoms with E-state index in [0.29, 0.717) is 5.92 Å². The zero-order chi connectivity index (χ0) is 16.9. The summed E-state index contributed by atoms with van der Waals surface area (Å²) in [6.45, 7) is 1.58. The first-order valence-corrected chi connectivity index (χ1v) is 8.89. The Balaban J connectivity index is 1.61. The zero-order valence-electron chi connectivity index (χ0n) is 14.2. The summed E-state index contributed by atoms with van der Waals surface area (Å²) in [7, 11) is 0. The minimum atomic E-state index is 0.383. The maximum absolute atomic E-state index is 5.51. The quantitative estimate of drug-likeness (QED) is 0.718. The van der Waals surface area contributed by atoms with E-state index in [0.717, 1.165) is 56.4 Å². The minimum Gasteiger partial charge on any atom is -0.381 e. The van der Waals surface area contributed by atoms with Crippen LogP contribution in [0.1, 0.15) is 36.0 Å². The molecule has 0 unspecified atom stereocenters. The number of aryl methyl sites for hydroxylation is 2. The molecule has 4 rings (SSSR count). The van der Waals surface area contributed by atoms with Gasteiger partial charge in [0.05, 0.1) is 0 Å². The molecule has 1 fully saturated rings. The molecular weight excluding hydrogens is 312 g/mol. The fourth-order valence-electron chi connectivity index (χ4n) is 3.24. The minimum absolute atomic E-state index is 0.383. The van der Waals surface area contributed by atoms with Crippen molar-refractivity contribution in [3.63, 3.8) is 0 Å². The molecule has 25 heavy (non-hydrogen) atoms. The van der Waals surface area contributed by atoms with Crippen LogP contribution in [0.3, 0.4) is 0 Å². The third kappa shape index (κ3) is 3.77. The number of pyridine rings is 1. The molecular formula is C20H22N4O. The van der Waals surface area contributed by atoms with Gasteiger partial charge < -0.3 is 4.74 Å². The molecule has 0 radical (unpaired) electrons. The van der Waals surface area contributed by atoms with Crippen LogP contribution in [0.2, 0.25) is 0 Å². The number of ether oxygens (including phenoxy) is 1. The number of hydrogen-bond acceptors (Lipinski definition) is 4. The Morgan fingerprint density at radius 1 is 0.960 bits per heavy atom. The normalized spacial score (nSPS) is 15.4. The van der Waals surface area contributed by atoms with Crippen LogP contribution in [-0.2, 0) is 17.6 Å². The van der Waals surface area contributed by atoms with Gasteiger partial charge in [-0.05, 0) is 37.0 Å². The highest BCUT2D eigenvalue weighted by atomic mass is 16.5. The molecule has 3 heterocycles. The van der Waals surface area contributed by atoms with Gasteiger partial charge in [0.15, 0.2) is 11.6 Å². The van der Waals surface area contributed by atoms with Crippen LogP contribution in [0.25, 0.3) is 5.82 Å². The van der Waals surface area contributed by atoms with Crippen molar-refractivity contribution < 1.29 is 4.74 Å². The molecule has 0 spiro atoms. The first-order valence-electron chi connectivity index (χ1n) is 8.89. The summed E-state index contributed by atoms with van der Waals surface area (Å²) in [5.74, 6) is 3.12. The summed E-state index contributed by atoms with van der Waals surface area (Å²) in [5.41, 5.74) is 1.31. The van der Waals surface area contributed by atoms with Crippen molar-refractivity contribution >= 4 is 0 Å². The highest BCUT2D eigenvalue weighted by molar-refractivity contribution is 5.24. The number of rotatable bonds is 5. The maximum Gasteiger partial charge on any atom is 0.155 e. The van der Waals surface area contributed by atoms with Crippen LogP contribution in [0.5, 0.6) is 0 Å². The van der Waals surface area contributed by atoms with Crippen molar-refractivity contribution in [2.24, 2.45) is 0 Å². The van der Waals surface area contributed by atoms with Gasteiger partial charge in [0.2, 0.25) is 0 Å². The molecule has 0 atom stereocenters. The van der Waals surface area contributed by atoms with Gasteiger partial charge in [0.1, 0.15) is 5.82 Å². The zero-order valence-corrected chi connectivity index (χ0v) is 14.2. The lowest BCUT2D eigenvalue weighted by Crippen LogP contribution is -2.18. The van der Waals surface area contributed by atoms with Crippen LogP contribution in [0.15, 0.2) is 54.7 Å². The van der Waals surface area contributed by atoms with Crippen molar-refractivity contribution in [3.05, 3.63) is 71.9 Å². The lowest BCUT2D eigenvalue weighted by Gasteiger charge is -2.21. The summed E-state index contributed by atoms with van der Waals surface area (Å²) in [5, 5.41) is 4.77. The lowest BCUT2D eigenvalue weighted by molar-refractivity contribution is 0.0831. The SMILES string of the molecule is c1ccc(CCc2nc(C3CCOCC3)n(-c3ccccn3)n2)cc1. The molecule has 1 aromatic carbocycles. The summed E-state index contributed by atoms with van der Waals surface area (Å²) in [4.78, 5) is 9.35. The third-order valence-corrected chi connectivity index (χ3v) is 4.61. The van der Waals surface area contributed by atoms with Crippen molar-refractivity contribution in [1.82, 2.24) is 19.7 Å². The summed E-state index contributed by atoms with van der Waals surface area (Å²) in [6, 6.07) is 16.4. The highest BCUT2D eigenvalue weighted by Gasteiger charge is 2.24. The van der Waals surface area contributed by atoms with Crippen LogP contribution in [0, 0.1) is 0 Å². The Labute approximate surface area is 147 Å². The van der Waals surface area contributed by atoms with E-state index in [1.807, 2.05) is 28.9 Å². The summed E-state index contributed by atoms with van der Waals surface area (Å²) >= 11 is 0. The second-order valence-corrected chi connectivity index (χ2v) is 6.36. The number of nitrogens with zero attached hydrogens (tertiary/aromatic N) is 4. The Morgan fingerprint density at radius 2 is 1.76 bits per heavy atom. The van der Waals surface area contributed by atoms with Crippen molar-refractivity contribution in [3.8, 4) is 5.82 Å². The van der Waals surface area contributed by atoms with Crippen LogP contribution in [-0.4, -0.2) is 33.0 Å². The van der Waals surface area contributed by atoms with Crippen molar-refractivity contribution in [1.29, 1.82) is 0 Å². The molecule has 1 aliphatic heterocycles. The van der Waals surface area contributed by atoms with Gasteiger partial charge in [-0.3, -0.25) is 0 Å². The number of aromatic nitrogens is 4. The first-order chi connectivity index (χ1) is 12.4. The molecule has 0 N–H and O–H groups in total. The largest absolute Gasteiger partial charge is 0.381 e. The number of benzene rings is 1. The molecule has 1 saturated heterocycles. The van der Waals surface area contributed by atoms with Crippen LogP contribution >= 0.6 is 0 Å². The van der Waals surface area contributed by atoms with Gasteiger partial charge in [0.25, 0.3) is 0 Å². The highest BCUT2D eigenvalue weighted by Crippen LogP contribution is 2.27. The van der Waals surface area contributed by atoms with Crippen molar-refractivity contribution in [2.75, 3.05) is 13.2 Å². The van der Waals surface area contributed by atoms with E-state index in [9.17, 15) is 0 Å². The molecule has 2 aromatic heterocycles. The number of hydrogen-bond donors (Lipinski definition) is 0. The molecule has 1 aliphatic rings. The van der Waals surface area contributed by atoms with Crippen molar-refractivity contribution in [2.45, 2.75) is 31.6 Å². The molecule has 0 bridgehead atoms. The van der Waals surface area contributed by atoms with E-state index in [-0.39, 0.29) is 0 Å². The molecule has 3 aromatic rings. The standard InChI is InChI=1S/C20H22N4O/c1-2-6-16(7-3-1)9-10-18-22-20(17-11-14-25-15-12-17)24(23-18)19-8-4-5-13-21-19/h1-8,13,17H,9-12,14-15H2. The predicted molar refractivity (Wildman–Crippen MR) is 95.8 cm³/mol. The van der Waals surface area contributed by atoms with E-state index in [1.165, 1.54) is 5.56 Å². The van der Waals surface area contributed by atoms with Crippen LogP contribution in [0.4, 0.5) is 0 Å². The summed E-state index contributed by atoms with van der Waals surface area (Å²) < 4.78 is 7.43. The average Bonchev–Trinajstić information content (AvgIpc) is 3.13. The van der Waals surface area contributed by atoms with Gasteiger partial charge in [0, 0.05) is 31.7 Å². The van der Waals surface area contributed by atoms with Crippen LogP contribution < -0.4 is 0 Å². The second-order valence-electron chi connectivity index (χ2n) is 6.36. The van der Waals surface area contributed by atoms with E-state index < -0.39 is 0 Å². The first kappa shape index (κ1) is 16.0. The predicted octanol–water partition coefficient (Wildman–Crippen LogP) is 3.34. The maximum atomic E-state index is 5.51. The fraction of sp³-hybridized carbons (Fsp3) is 0.350. The van der Waals surface area contributed by atoms with Gasteiger partial charge in [-0.15, -0.1) is 5.10 Å². The molecule has 5 nitrogen and oxygen atoms in total. The van der Waals surface area contributed by atoms with E-state index in [1.54, 1.807) is 6.20 Å². The molecule has 0 saturated carbocycles. The van der Waals surface area contributed by atoms with Gasteiger partial charge in [-0.25, -0.2) is 9.97 Å². The Morgan fingerprint density at radius 3 is 2.52 bits per heavy atom. The third-order valence-electron chi connectivity index (χ3n) is 4.61. The van der Waals surface area contributed by atoms with E-state index >= 15 is 0 Å². The monoisotopic (exact) mass is 334 g/mol. The molecule has 0 aliphatic carbocycles. The lowest BCUT2D eigenvalue weighted by atomic mass is 9.99. The molecule has 5 heteroatoms. The molecule has 128 valence electrons. The average molecular weight is 334 g/mol. The topological polar surface area (TPSA) is 52.8 Å². The Hall–Kier alpha value is -2.53. The summed E-state index contributed by atoms with van der Waals surface area (Å²) in [6.07, 6.45) is 5.56. The Bertz CT molecular complexity index is 795. The molecule has 0 amide bonds. The van der Waals surface area contributed by atoms with Gasteiger partial charge >= 0.3 is 0 Å². The van der Waals surface area contributed by atoms with E-state index in [4.69, 9.17) is 14.8 Å². The smallest absolute Gasteiger partial charge is 0.155 e. The second kappa shape index (κ2) is 7.57. The van der Waals surface area contributed by atoms with Gasteiger partial charge in [-0.1, -0.05) is 36.4 Å². The van der Waals surface area contributed by atoms with Gasteiger partial charge in [-0.2, -0.15) is 4.68 Å². The van der Waals surface area contributed by atoms with E-state index in [2.05, 4.69) is 29.2 Å². The Kier molecular flexibility index (Phi) is 4.84.